The van der Waals surface area contributed by atoms with Gasteiger partial charge in [0.05, 0.1) is 6.20 Å². The van der Waals surface area contributed by atoms with Crippen LogP contribution in [0.5, 0.6) is 0 Å². The number of anilines is 1. The van der Waals surface area contributed by atoms with Crippen molar-refractivity contribution in [1.29, 1.82) is 0 Å². The van der Waals surface area contributed by atoms with Gasteiger partial charge in [-0.15, -0.1) is 0 Å². The Morgan fingerprint density at radius 3 is 2.61 bits per heavy atom. The van der Waals surface area contributed by atoms with Crippen LogP contribution >= 0.6 is 11.6 Å². The van der Waals surface area contributed by atoms with Crippen molar-refractivity contribution in [3.63, 3.8) is 0 Å². The summed E-state index contributed by atoms with van der Waals surface area (Å²) in [6.07, 6.45) is 3.63. The summed E-state index contributed by atoms with van der Waals surface area (Å²) in [5, 5.41) is 10.6. The van der Waals surface area contributed by atoms with E-state index in [-0.39, 0.29) is 0 Å². The number of allylic oxidation sites excluding steroid dienone is 1. The predicted molar refractivity (Wildman–Crippen MR) is 79.7 cm³/mol. The van der Waals surface area contributed by atoms with Gasteiger partial charge in [-0.2, -0.15) is 5.10 Å². The lowest BCUT2D eigenvalue weighted by molar-refractivity contribution is 0.753. The third-order valence-electron chi connectivity index (χ3n) is 2.09. The van der Waals surface area contributed by atoms with Gasteiger partial charge in [-0.1, -0.05) is 38.1 Å². The Labute approximate surface area is 115 Å². The summed E-state index contributed by atoms with van der Waals surface area (Å²) in [6, 6.07) is 0. The Hall–Kier alpha value is -1.26. The Kier molecular flexibility index (Phi) is 9.06. The molecular formula is C13H23ClN4. The van der Waals surface area contributed by atoms with E-state index < -0.39 is 0 Å². The molecule has 2 N–H and O–H groups in total. The maximum Gasteiger partial charge on any atom is 0.132 e. The van der Waals surface area contributed by atoms with Gasteiger partial charge in [0.2, 0.25) is 0 Å². The van der Waals surface area contributed by atoms with Gasteiger partial charge in [0.15, 0.2) is 0 Å². The molecule has 18 heavy (non-hydrogen) atoms. The number of nitrogens with zero attached hydrogens (tertiary/aromatic N) is 2. The third kappa shape index (κ3) is 5.38. The summed E-state index contributed by atoms with van der Waals surface area (Å²) in [7, 11) is 1.92. The molecule has 2 rings (SSSR count). The van der Waals surface area contributed by atoms with E-state index in [1.165, 1.54) is 11.1 Å². The fourth-order valence-electron chi connectivity index (χ4n) is 1.33. The minimum absolute atomic E-state index is 0.814. The van der Waals surface area contributed by atoms with Gasteiger partial charge in [-0.3, -0.25) is 4.68 Å². The molecule has 0 saturated carbocycles. The van der Waals surface area contributed by atoms with Crippen LogP contribution in [0.4, 0.5) is 5.82 Å². The van der Waals surface area contributed by atoms with E-state index in [0.29, 0.717) is 0 Å². The summed E-state index contributed by atoms with van der Waals surface area (Å²) in [4.78, 5) is 0. The molecule has 0 atom stereocenters. The van der Waals surface area contributed by atoms with Crippen LogP contribution in [0, 0.1) is 0 Å². The molecule has 0 bridgehead atoms. The average Bonchev–Trinajstić information content (AvgIpc) is 2.64. The van der Waals surface area contributed by atoms with E-state index in [0.717, 1.165) is 24.6 Å². The highest BCUT2D eigenvalue weighted by molar-refractivity contribution is 6.25. The lowest BCUT2D eigenvalue weighted by Gasteiger charge is -2.05. The molecule has 2 heterocycles. The quantitative estimate of drug-likeness (QED) is 0.761. The Bertz CT molecular complexity index is 378. The Balaban J connectivity index is 0.000000415. The maximum atomic E-state index is 5.01. The molecule has 0 amide bonds. The first-order valence-corrected chi connectivity index (χ1v) is 6.50. The minimum atomic E-state index is 0.814. The molecule has 5 heteroatoms. The second kappa shape index (κ2) is 9.74. The predicted octanol–water partition coefficient (Wildman–Crippen LogP) is 3.23. The van der Waals surface area contributed by atoms with Crippen LogP contribution in [0.1, 0.15) is 26.3 Å². The highest BCUT2D eigenvalue weighted by atomic mass is 35.5. The Morgan fingerprint density at radius 1 is 1.44 bits per heavy atom. The first-order chi connectivity index (χ1) is 8.69. The van der Waals surface area contributed by atoms with Crippen molar-refractivity contribution in [2.24, 2.45) is 7.05 Å². The van der Waals surface area contributed by atoms with Gasteiger partial charge in [0.1, 0.15) is 5.82 Å². The second-order valence-electron chi connectivity index (χ2n) is 3.43. The van der Waals surface area contributed by atoms with E-state index in [2.05, 4.69) is 22.3 Å². The lowest BCUT2D eigenvalue weighted by atomic mass is 10.3. The van der Waals surface area contributed by atoms with E-state index in [9.17, 15) is 0 Å². The van der Waals surface area contributed by atoms with Crippen LogP contribution in [0.2, 0.25) is 0 Å². The molecule has 102 valence electrons. The van der Waals surface area contributed by atoms with Crippen molar-refractivity contribution in [3.05, 3.63) is 35.6 Å². The maximum absolute atomic E-state index is 5.01. The molecule has 1 aromatic heterocycles. The van der Waals surface area contributed by atoms with Crippen LogP contribution in [0.15, 0.2) is 30.1 Å². The number of aryl methyl sites for hydroxylation is 1. The Morgan fingerprint density at radius 2 is 2.06 bits per heavy atom. The van der Waals surface area contributed by atoms with Crippen molar-refractivity contribution in [2.75, 3.05) is 11.9 Å². The second-order valence-corrected chi connectivity index (χ2v) is 3.69. The number of aromatic nitrogens is 2. The number of hydrogen-bond donors (Lipinski definition) is 2. The van der Waals surface area contributed by atoms with Gasteiger partial charge in [-0.25, -0.2) is 0 Å². The van der Waals surface area contributed by atoms with Gasteiger partial charge < -0.3 is 10.6 Å². The number of rotatable bonds is 0. The molecule has 0 aromatic carbocycles. The van der Waals surface area contributed by atoms with Crippen LogP contribution in [-0.4, -0.2) is 16.3 Å². The molecule has 4 nitrogen and oxygen atoms in total. The van der Waals surface area contributed by atoms with Crippen molar-refractivity contribution in [1.82, 2.24) is 15.1 Å². The van der Waals surface area contributed by atoms with E-state index in [4.69, 9.17) is 11.6 Å². The molecule has 0 spiro atoms. The molecule has 0 radical (unpaired) electrons. The molecule has 0 unspecified atom stereocenters. The molecule has 0 saturated heterocycles. The zero-order chi connectivity index (χ0) is 14.0. The number of halogens is 1. The van der Waals surface area contributed by atoms with Crippen molar-refractivity contribution in [2.45, 2.75) is 27.3 Å². The first-order valence-electron chi connectivity index (χ1n) is 6.06. The largest absolute Gasteiger partial charge is 0.343 e. The summed E-state index contributed by atoms with van der Waals surface area (Å²) in [6.45, 7) is 11.4. The molecule has 0 fully saturated rings. The molecule has 1 aliphatic heterocycles. The summed E-state index contributed by atoms with van der Waals surface area (Å²) in [5.41, 5.74) is 3.65. The number of nitrogens with one attached hydrogen (secondary N) is 2. The summed E-state index contributed by atoms with van der Waals surface area (Å²) in [5.74, 6) is 1.05. The fraction of sp³-hybridized carbons (Fsp3) is 0.462. The highest BCUT2D eigenvalue weighted by Crippen LogP contribution is 2.17. The summed E-state index contributed by atoms with van der Waals surface area (Å²) < 4.78 is 1.83. The minimum Gasteiger partial charge on any atom is -0.343 e. The highest BCUT2D eigenvalue weighted by Gasteiger charge is 2.11. The first kappa shape index (κ1) is 16.7. The standard InChI is InChI=1S/C8H12N4.C3H5Cl.C2H6/c1-6-3-9-4-7-5-10-12(2)8(7)11-6;1-2-3-4;1-2/h5,9,11H,1,3-4H2,2H3;2-3H,1H3;1-2H3/b;3-2+;. The fourth-order valence-corrected chi connectivity index (χ4v) is 1.33. The average molecular weight is 271 g/mol. The number of fused-ring (bicyclic) bond motifs is 1. The van der Waals surface area contributed by atoms with E-state index >= 15 is 0 Å². The SMILES string of the molecule is C/C=C/Cl.C=C1CNCc2cnn(C)c2N1.CC. The normalized spacial score (nSPS) is 13.5. The van der Waals surface area contributed by atoms with Gasteiger partial charge in [-0.05, 0) is 12.5 Å². The molecule has 0 aliphatic carbocycles. The van der Waals surface area contributed by atoms with Crippen molar-refractivity contribution in [3.8, 4) is 0 Å². The van der Waals surface area contributed by atoms with Gasteiger partial charge in [0.25, 0.3) is 0 Å². The monoisotopic (exact) mass is 270 g/mol. The van der Waals surface area contributed by atoms with E-state index in [1.807, 2.05) is 38.7 Å². The van der Waals surface area contributed by atoms with E-state index in [1.54, 1.807) is 6.08 Å². The van der Waals surface area contributed by atoms with Crippen LogP contribution in [0.25, 0.3) is 0 Å². The lowest BCUT2D eigenvalue weighted by Crippen LogP contribution is -2.15. The third-order valence-corrected chi connectivity index (χ3v) is 2.34. The molecular weight excluding hydrogens is 248 g/mol. The topological polar surface area (TPSA) is 41.9 Å². The van der Waals surface area contributed by atoms with Crippen LogP contribution < -0.4 is 10.6 Å². The molecule has 1 aliphatic rings. The van der Waals surface area contributed by atoms with Gasteiger partial charge in [0, 0.05) is 31.4 Å². The van der Waals surface area contributed by atoms with Crippen molar-refractivity contribution >= 4 is 17.4 Å². The van der Waals surface area contributed by atoms with Gasteiger partial charge >= 0.3 is 0 Å². The number of hydrogen-bond acceptors (Lipinski definition) is 3. The zero-order valence-electron chi connectivity index (χ0n) is 11.6. The smallest absolute Gasteiger partial charge is 0.132 e. The van der Waals surface area contributed by atoms with Crippen molar-refractivity contribution < 1.29 is 0 Å². The van der Waals surface area contributed by atoms with Crippen LogP contribution in [-0.2, 0) is 13.6 Å². The summed E-state index contributed by atoms with van der Waals surface area (Å²) >= 11 is 5.01. The zero-order valence-corrected chi connectivity index (χ0v) is 12.4. The molecule has 1 aromatic rings. The van der Waals surface area contributed by atoms with Crippen LogP contribution in [0.3, 0.4) is 0 Å².